The van der Waals surface area contributed by atoms with Gasteiger partial charge in [-0.2, -0.15) is 9.97 Å². The largest absolute Gasteiger partial charge is 0.389 e. The second-order valence-electron chi connectivity index (χ2n) is 6.77. The van der Waals surface area contributed by atoms with Gasteiger partial charge in [0.25, 0.3) is 0 Å². The van der Waals surface area contributed by atoms with Crippen LogP contribution in [0.15, 0.2) is 24.2 Å². The molecule has 0 amide bonds. The van der Waals surface area contributed by atoms with Crippen molar-refractivity contribution in [2.75, 3.05) is 30.8 Å². The van der Waals surface area contributed by atoms with Gasteiger partial charge in [0.05, 0.1) is 11.1 Å². The summed E-state index contributed by atoms with van der Waals surface area (Å²) in [6, 6.07) is 2.97. The van der Waals surface area contributed by atoms with Crippen LogP contribution >= 0.6 is 0 Å². The highest BCUT2D eigenvalue weighted by Crippen LogP contribution is 2.25. The highest BCUT2D eigenvalue weighted by molar-refractivity contribution is 5.89. The molecule has 2 aromatic heterocycles. The van der Waals surface area contributed by atoms with Gasteiger partial charge in [-0.3, -0.25) is 0 Å². The number of likely N-dealkylation sites (tertiary alicyclic amines) is 1. The molecule has 2 atom stereocenters. The lowest BCUT2D eigenvalue weighted by Crippen LogP contribution is -2.44. The van der Waals surface area contributed by atoms with Gasteiger partial charge in [-0.15, -0.1) is 0 Å². The van der Waals surface area contributed by atoms with Gasteiger partial charge >= 0.3 is 0 Å². The third-order valence-corrected chi connectivity index (χ3v) is 4.82. The Morgan fingerprint density at radius 1 is 1.42 bits per heavy atom. The Labute approximate surface area is 154 Å². The molecule has 5 N–H and O–H groups in total. The van der Waals surface area contributed by atoms with Crippen molar-refractivity contribution >= 4 is 29.0 Å². The van der Waals surface area contributed by atoms with Gasteiger partial charge in [-0.05, 0) is 39.8 Å². The number of nitrogens with one attached hydrogen (secondary N) is 5. The first-order chi connectivity index (χ1) is 12.6. The Kier molecular flexibility index (Phi) is 5.72. The zero-order valence-electron chi connectivity index (χ0n) is 15.6. The number of hydrogen-bond acceptors (Lipinski definition) is 7. The number of likely N-dealkylation sites (N-methyl/N-ethyl adjacent to an activating group) is 1. The summed E-state index contributed by atoms with van der Waals surface area (Å²) in [4.78, 5) is 14.7. The number of nitrogens with zero attached hydrogens (tertiary/aromatic N) is 3. The number of rotatable bonds is 7. The van der Waals surface area contributed by atoms with E-state index in [0.717, 1.165) is 36.4 Å². The maximum Gasteiger partial charge on any atom is 0.231 e. The first kappa shape index (κ1) is 18.2. The topological polar surface area (TPSA) is 105 Å². The smallest absolute Gasteiger partial charge is 0.231 e. The minimum atomic E-state index is 0.358. The number of hydrogen-bond donors (Lipinski definition) is 5. The van der Waals surface area contributed by atoms with Crippen molar-refractivity contribution in [1.29, 1.82) is 5.41 Å². The van der Waals surface area contributed by atoms with Crippen LogP contribution < -0.4 is 16.0 Å². The van der Waals surface area contributed by atoms with Gasteiger partial charge in [0.15, 0.2) is 0 Å². The lowest BCUT2D eigenvalue weighted by atomic mass is 10.00. The summed E-state index contributed by atoms with van der Waals surface area (Å²) >= 11 is 0. The van der Waals surface area contributed by atoms with Gasteiger partial charge < -0.3 is 31.2 Å². The van der Waals surface area contributed by atoms with Crippen LogP contribution in [0, 0.1) is 5.41 Å². The van der Waals surface area contributed by atoms with Gasteiger partial charge in [0.2, 0.25) is 5.95 Å². The van der Waals surface area contributed by atoms with Crippen molar-refractivity contribution < 1.29 is 0 Å². The summed E-state index contributed by atoms with van der Waals surface area (Å²) in [7, 11) is 2.17. The number of allylic oxidation sites excluding steroid dienone is 1. The molecule has 0 aliphatic carbocycles. The Balaban J connectivity index is 1.83. The molecule has 2 aromatic rings. The lowest BCUT2D eigenvalue weighted by Gasteiger charge is -2.35. The number of aromatic nitrogens is 3. The fraction of sp³-hybridized carbons (Fsp3) is 0.500. The third kappa shape index (κ3) is 4.13. The molecule has 0 spiro atoms. The van der Waals surface area contributed by atoms with E-state index >= 15 is 0 Å². The van der Waals surface area contributed by atoms with Crippen molar-refractivity contribution in [3.63, 3.8) is 0 Å². The van der Waals surface area contributed by atoms with Gasteiger partial charge in [-0.1, -0.05) is 0 Å². The molecule has 1 aliphatic rings. The molecule has 26 heavy (non-hydrogen) atoms. The SMILES string of the molecule is CCN/C=C(\C=N)Nc1nc(N[C@@H]2CC[C@H](C)N(C)C2)c2cc[nH]c2n1. The second-order valence-corrected chi connectivity index (χ2v) is 6.77. The van der Waals surface area contributed by atoms with Crippen molar-refractivity contribution in [1.82, 2.24) is 25.2 Å². The van der Waals surface area contributed by atoms with E-state index in [-0.39, 0.29) is 0 Å². The minimum absolute atomic E-state index is 0.358. The fourth-order valence-electron chi connectivity index (χ4n) is 3.15. The van der Waals surface area contributed by atoms with E-state index in [0.29, 0.717) is 23.7 Å². The zero-order valence-corrected chi connectivity index (χ0v) is 15.6. The lowest BCUT2D eigenvalue weighted by molar-refractivity contribution is 0.188. The molecule has 0 radical (unpaired) electrons. The van der Waals surface area contributed by atoms with Crippen LogP contribution in [0.25, 0.3) is 11.0 Å². The summed E-state index contributed by atoms with van der Waals surface area (Å²) in [6.07, 6.45) is 7.16. The maximum absolute atomic E-state index is 7.54. The van der Waals surface area contributed by atoms with Crippen molar-refractivity contribution in [3.8, 4) is 0 Å². The Morgan fingerprint density at radius 3 is 3.00 bits per heavy atom. The first-order valence-electron chi connectivity index (χ1n) is 9.13. The standard InChI is InChI=1S/C18H28N8/c1-4-20-10-14(9-19)23-18-24-16-15(7-8-21-16)17(25-18)22-13-6-5-12(2)26(3)11-13/h7-10,12-13,19-20H,4-6,11H2,1-3H3,(H3,21,22,23,24,25)/b14-10+,19-9?/t12-,13+/m0/s1. The van der Waals surface area contributed by atoms with Gasteiger partial charge in [0, 0.05) is 43.8 Å². The summed E-state index contributed by atoms with van der Waals surface area (Å²) in [5, 5.41) is 18.3. The quantitative estimate of drug-likeness (QED) is 0.488. The van der Waals surface area contributed by atoms with Crippen molar-refractivity contribution in [3.05, 3.63) is 24.2 Å². The predicted octanol–water partition coefficient (Wildman–Crippen LogP) is 2.36. The van der Waals surface area contributed by atoms with Crippen molar-refractivity contribution in [2.45, 2.75) is 38.8 Å². The van der Waals surface area contributed by atoms with Crippen LogP contribution in [-0.2, 0) is 0 Å². The van der Waals surface area contributed by atoms with Crippen LogP contribution in [0.2, 0.25) is 0 Å². The van der Waals surface area contributed by atoms with E-state index in [2.05, 4.69) is 49.8 Å². The molecule has 0 bridgehead atoms. The van der Waals surface area contributed by atoms with E-state index in [1.54, 1.807) is 6.20 Å². The van der Waals surface area contributed by atoms with E-state index in [1.807, 2.05) is 19.2 Å². The number of aromatic amines is 1. The molecule has 0 aromatic carbocycles. The van der Waals surface area contributed by atoms with Crippen LogP contribution in [0.1, 0.15) is 26.7 Å². The maximum atomic E-state index is 7.54. The number of H-pyrrole nitrogens is 1. The summed E-state index contributed by atoms with van der Waals surface area (Å²) in [5.41, 5.74) is 1.38. The summed E-state index contributed by atoms with van der Waals surface area (Å²) in [5.74, 6) is 1.28. The predicted molar refractivity (Wildman–Crippen MR) is 107 cm³/mol. The molecule has 1 fully saturated rings. The monoisotopic (exact) mass is 356 g/mol. The Hall–Kier alpha value is -2.61. The van der Waals surface area contributed by atoms with E-state index < -0.39 is 0 Å². The summed E-state index contributed by atoms with van der Waals surface area (Å²) < 4.78 is 0. The minimum Gasteiger partial charge on any atom is -0.389 e. The zero-order chi connectivity index (χ0) is 18.5. The molecule has 3 heterocycles. The third-order valence-electron chi connectivity index (χ3n) is 4.82. The highest BCUT2D eigenvalue weighted by Gasteiger charge is 2.23. The van der Waals surface area contributed by atoms with Gasteiger partial charge in [0.1, 0.15) is 11.5 Å². The highest BCUT2D eigenvalue weighted by atomic mass is 15.2. The molecular weight excluding hydrogens is 328 g/mol. The Morgan fingerprint density at radius 2 is 2.27 bits per heavy atom. The molecule has 1 aliphatic heterocycles. The van der Waals surface area contributed by atoms with E-state index in [4.69, 9.17) is 5.41 Å². The molecule has 0 unspecified atom stereocenters. The molecule has 8 heteroatoms. The molecule has 1 saturated heterocycles. The van der Waals surface area contributed by atoms with Crippen LogP contribution in [0.3, 0.4) is 0 Å². The molecule has 140 valence electrons. The first-order valence-corrected chi connectivity index (χ1v) is 9.13. The molecular formula is C18H28N8. The van der Waals surface area contributed by atoms with Crippen LogP contribution in [0.4, 0.5) is 11.8 Å². The molecule has 8 nitrogen and oxygen atoms in total. The van der Waals surface area contributed by atoms with Crippen LogP contribution in [-0.4, -0.2) is 58.3 Å². The number of piperidine rings is 1. The summed E-state index contributed by atoms with van der Waals surface area (Å²) in [6.45, 7) is 6.05. The number of anilines is 2. The Bertz CT molecular complexity index is 781. The van der Waals surface area contributed by atoms with E-state index in [9.17, 15) is 0 Å². The average Bonchev–Trinajstić information content (AvgIpc) is 3.10. The van der Waals surface area contributed by atoms with Crippen LogP contribution in [0.5, 0.6) is 0 Å². The molecule has 3 rings (SSSR count). The average molecular weight is 356 g/mol. The van der Waals surface area contributed by atoms with Crippen molar-refractivity contribution in [2.24, 2.45) is 0 Å². The second kappa shape index (κ2) is 8.18. The van der Waals surface area contributed by atoms with Gasteiger partial charge in [-0.25, -0.2) is 0 Å². The fourth-order valence-corrected chi connectivity index (χ4v) is 3.15. The van der Waals surface area contributed by atoms with E-state index in [1.165, 1.54) is 12.6 Å². The normalized spacial score (nSPS) is 21.6. The molecule has 0 saturated carbocycles. The number of fused-ring (bicyclic) bond motifs is 1.